The van der Waals surface area contributed by atoms with Gasteiger partial charge in [0.2, 0.25) is 0 Å². The Morgan fingerprint density at radius 1 is 0.808 bits per heavy atom. The van der Waals surface area contributed by atoms with Gasteiger partial charge in [0.1, 0.15) is 6.29 Å². The summed E-state index contributed by atoms with van der Waals surface area (Å²) in [5, 5.41) is 0. The third-order valence-electron chi connectivity index (χ3n) is 4.38. The van der Waals surface area contributed by atoms with E-state index in [9.17, 15) is 4.79 Å². The molecule has 1 rings (SSSR count). The van der Waals surface area contributed by atoms with E-state index in [0.29, 0.717) is 19.6 Å². The van der Waals surface area contributed by atoms with Crippen LogP contribution in [-0.2, 0) is 16.1 Å². The monoisotopic (exact) mass is 354 g/mol. The number of rotatable bonds is 13. The van der Waals surface area contributed by atoms with Crippen molar-refractivity contribution in [1.82, 2.24) is 0 Å². The summed E-state index contributed by atoms with van der Waals surface area (Å²) >= 11 is 0. The Labute approximate surface area is 159 Å². The Morgan fingerprint density at radius 3 is 1.92 bits per heavy atom. The molecule has 0 fully saturated rings. The van der Waals surface area contributed by atoms with E-state index >= 15 is 0 Å². The Morgan fingerprint density at radius 2 is 1.35 bits per heavy atom. The lowest BCUT2D eigenvalue weighted by atomic mass is 10.1. The third kappa shape index (κ3) is 11.6. The first kappa shape index (κ1) is 22.1. The average Bonchev–Trinajstić information content (AvgIpc) is 2.64. The van der Waals surface area contributed by atoms with Gasteiger partial charge in [0, 0.05) is 6.42 Å². The molecule has 0 aromatic heterocycles. The molecule has 0 radical (unpaired) electrons. The van der Waals surface area contributed by atoms with E-state index in [1.54, 1.807) is 0 Å². The molecule has 0 atom stereocenters. The van der Waals surface area contributed by atoms with Crippen molar-refractivity contribution in [2.45, 2.75) is 65.9 Å². The molecular formula is C24H34O2. The maximum atomic E-state index is 10.4. The zero-order valence-corrected chi connectivity index (χ0v) is 16.7. The first-order chi connectivity index (χ1) is 12.6. The second kappa shape index (κ2) is 14.3. The summed E-state index contributed by atoms with van der Waals surface area (Å²) in [5.74, 6) is 0. The average molecular weight is 355 g/mol. The maximum Gasteiger partial charge on any atom is 0.120 e. The van der Waals surface area contributed by atoms with Gasteiger partial charge in [-0.3, -0.25) is 0 Å². The van der Waals surface area contributed by atoms with Crippen molar-refractivity contribution in [3.8, 4) is 0 Å². The van der Waals surface area contributed by atoms with Gasteiger partial charge >= 0.3 is 0 Å². The molecule has 26 heavy (non-hydrogen) atoms. The quantitative estimate of drug-likeness (QED) is 0.227. The number of benzene rings is 1. The van der Waals surface area contributed by atoms with Gasteiger partial charge < -0.3 is 9.53 Å². The molecule has 2 heteroatoms. The topological polar surface area (TPSA) is 26.3 Å². The van der Waals surface area contributed by atoms with Crippen LogP contribution in [0.2, 0.25) is 0 Å². The molecule has 0 unspecified atom stereocenters. The highest BCUT2D eigenvalue weighted by molar-refractivity contribution is 5.49. The molecule has 0 saturated carbocycles. The van der Waals surface area contributed by atoms with E-state index in [-0.39, 0.29) is 0 Å². The smallest absolute Gasteiger partial charge is 0.120 e. The number of carbonyl (C=O) groups is 1. The van der Waals surface area contributed by atoms with E-state index in [4.69, 9.17) is 4.74 Å². The molecule has 0 aliphatic rings. The molecule has 0 heterocycles. The highest BCUT2D eigenvalue weighted by Crippen LogP contribution is 2.12. The second-order valence-corrected chi connectivity index (χ2v) is 6.93. The predicted octanol–water partition coefficient (Wildman–Crippen LogP) is 6.58. The van der Waals surface area contributed by atoms with Crippen LogP contribution in [0.4, 0.5) is 0 Å². The molecule has 0 saturated heterocycles. The Bertz CT molecular complexity index is 594. The van der Waals surface area contributed by atoms with Crippen molar-refractivity contribution >= 4 is 6.29 Å². The number of aldehydes is 1. The Balaban J connectivity index is 2.17. The van der Waals surface area contributed by atoms with Gasteiger partial charge in [0.15, 0.2) is 0 Å². The minimum atomic E-state index is 0.637. The van der Waals surface area contributed by atoms with Gasteiger partial charge in [0.05, 0.1) is 13.2 Å². The second-order valence-electron chi connectivity index (χ2n) is 6.93. The van der Waals surface area contributed by atoms with Gasteiger partial charge in [0.25, 0.3) is 0 Å². The summed E-state index contributed by atoms with van der Waals surface area (Å²) in [4.78, 5) is 10.4. The van der Waals surface area contributed by atoms with E-state index in [2.05, 4.69) is 51.1 Å². The highest BCUT2D eigenvalue weighted by Gasteiger charge is 1.94. The summed E-state index contributed by atoms with van der Waals surface area (Å²) in [7, 11) is 0. The molecule has 1 aromatic carbocycles. The van der Waals surface area contributed by atoms with Crippen molar-refractivity contribution in [2.75, 3.05) is 6.61 Å². The van der Waals surface area contributed by atoms with Crippen LogP contribution < -0.4 is 0 Å². The Kier molecular flexibility index (Phi) is 12.1. The first-order valence-electron chi connectivity index (χ1n) is 9.64. The largest absolute Gasteiger partial charge is 0.373 e. The molecule has 142 valence electrons. The normalized spacial score (nSPS) is 13.1. The first-order valence-corrected chi connectivity index (χ1v) is 9.64. The lowest BCUT2D eigenvalue weighted by molar-refractivity contribution is -0.107. The van der Waals surface area contributed by atoms with Gasteiger partial charge in [-0.05, 0) is 58.4 Å². The molecule has 0 aliphatic carbocycles. The summed E-state index contributed by atoms with van der Waals surface area (Å²) < 4.78 is 5.70. The minimum Gasteiger partial charge on any atom is -0.373 e. The third-order valence-corrected chi connectivity index (χ3v) is 4.38. The number of ether oxygens (including phenoxy) is 1. The molecule has 0 spiro atoms. The van der Waals surface area contributed by atoms with Crippen molar-refractivity contribution in [1.29, 1.82) is 0 Å². The van der Waals surface area contributed by atoms with Crippen LogP contribution in [0, 0.1) is 0 Å². The highest BCUT2D eigenvalue weighted by atomic mass is 16.5. The molecule has 1 aromatic rings. The van der Waals surface area contributed by atoms with Gasteiger partial charge in [-0.2, -0.15) is 0 Å². The maximum absolute atomic E-state index is 10.4. The zero-order chi connectivity index (χ0) is 19.0. The molecule has 2 nitrogen and oxygen atoms in total. The van der Waals surface area contributed by atoms with Crippen molar-refractivity contribution < 1.29 is 9.53 Å². The molecule has 0 aliphatic heterocycles. The molecule has 0 bridgehead atoms. The fourth-order valence-electron chi connectivity index (χ4n) is 2.64. The van der Waals surface area contributed by atoms with Crippen LogP contribution >= 0.6 is 0 Å². The number of carbonyl (C=O) groups excluding carboxylic acids is 1. The van der Waals surface area contributed by atoms with Crippen molar-refractivity contribution in [3.05, 3.63) is 70.8 Å². The molecule has 0 N–H and O–H groups in total. The molecule has 0 amide bonds. The van der Waals surface area contributed by atoms with Crippen LogP contribution in [0.3, 0.4) is 0 Å². The summed E-state index contributed by atoms with van der Waals surface area (Å²) in [6.07, 6.45) is 13.6. The fourth-order valence-corrected chi connectivity index (χ4v) is 2.64. The summed E-state index contributed by atoms with van der Waals surface area (Å²) in [6.45, 7) is 7.83. The van der Waals surface area contributed by atoms with Crippen LogP contribution in [-0.4, -0.2) is 12.9 Å². The van der Waals surface area contributed by atoms with E-state index in [0.717, 1.165) is 38.4 Å². The van der Waals surface area contributed by atoms with Gasteiger partial charge in [-0.15, -0.1) is 0 Å². The van der Waals surface area contributed by atoms with Crippen LogP contribution in [0.1, 0.15) is 64.9 Å². The van der Waals surface area contributed by atoms with E-state index in [1.165, 1.54) is 22.3 Å². The lowest BCUT2D eigenvalue weighted by Gasteiger charge is -2.04. The molecular weight excluding hydrogens is 320 g/mol. The Hall–Kier alpha value is -1.93. The zero-order valence-electron chi connectivity index (χ0n) is 16.7. The predicted molar refractivity (Wildman–Crippen MR) is 111 cm³/mol. The standard InChI is InChI=1S/C24H34O2/c1-21(10-7-12-22(2)14-9-18-25)11-8-13-23(3)17-19-26-20-24-15-5-4-6-16-24/h4-6,11-12,15-18H,7-10,13-14,19-20H2,1-3H3/b21-11+,22-12+,23-17+. The van der Waals surface area contributed by atoms with Gasteiger partial charge in [-0.25, -0.2) is 0 Å². The van der Waals surface area contributed by atoms with Crippen LogP contribution in [0.5, 0.6) is 0 Å². The summed E-state index contributed by atoms with van der Waals surface area (Å²) in [6, 6.07) is 10.3. The number of hydrogen-bond acceptors (Lipinski definition) is 2. The van der Waals surface area contributed by atoms with Crippen LogP contribution in [0.15, 0.2) is 65.3 Å². The van der Waals surface area contributed by atoms with Crippen molar-refractivity contribution in [2.24, 2.45) is 0 Å². The minimum absolute atomic E-state index is 0.637. The fraction of sp³-hybridized carbons (Fsp3) is 0.458. The van der Waals surface area contributed by atoms with E-state index in [1.807, 2.05) is 18.2 Å². The number of allylic oxidation sites excluding steroid dienone is 5. The number of hydrogen-bond donors (Lipinski definition) is 0. The van der Waals surface area contributed by atoms with E-state index < -0.39 is 0 Å². The van der Waals surface area contributed by atoms with Crippen LogP contribution in [0.25, 0.3) is 0 Å². The SMILES string of the molecule is C/C(=C\CC/C(C)=C/CC/C(C)=C/COCc1ccccc1)CCC=O. The van der Waals surface area contributed by atoms with Crippen molar-refractivity contribution in [3.63, 3.8) is 0 Å². The van der Waals surface area contributed by atoms with Gasteiger partial charge in [-0.1, -0.05) is 65.3 Å². The summed E-state index contributed by atoms with van der Waals surface area (Å²) in [5.41, 5.74) is 5.36. The lowest BCUT2D eigenvalue weighted by Crippen LogP contribution is -1.93.